The summed E-state index contributed by atoms with van der Waals surface area (Å²) in [5.41, 5.74) is 3.91. The molecule has 10 nitrogen and oxygen atoms in total. The summed E-state index contributed by atoms with van der Waals surface area (Å²) in [5, 5.41) is 14.1. The number of hydrogen-bond acceptors (Lipinski definition) is 7. The monoisotopic (exact) mass is 648 g/mol. The third-order valence-electron chi connectivity index (χ3n) is 9.24. The number of nitrogens with zero attached hydrogens (tertiary/aromatic N) is 6. The lowest BCUT2D eigenvalue weighted by atomic mass is 9.92. The molecule has 1 N–H and O–H groups in total. The normalized spacial score (nSPS) is 18.4. The standard InChI is InChI=1S/C34H35F3N6O4/c1-21(32-40-28-8-7-24(33(44)45)16-30(28)42(32)18-26-11-14-46-26)41-12-9-23(10-13-41)27-3-2-4-31(39-27)47-19-22-5-6-25-17-38-43(29(25)15-22)20-34(35,36)37/h2-8,15-17,21,23,26H,9-14,18-20H2,1H3,(H,44,45). The second-order valence-electron chi connectivity index (χ2n) is 12.4. The molecule has 0 bridgehead atoms. The van der Waals surface area contributed by atoms with E-state index in [0.29, 0.717) is 23.3 Å². The molecule has 2 atom stereocenters. The van der Waals surface area contributed by atoms with E-state index in [9.17, 15) is 23.1 Å². The van der Waals surface area contributed by atoms with Crippen molar-refractivity contribution in [3.63, 3.8) is 0 Å². The fourth-order valence-corrected chi connectivity index (χ4v) is 6.56. The minimum atomic E-state index is -4.36. The number of aromatic carboxylic acids is 1. The van der Waals surface area contributed by atoms with E-state index in [-0.39, 0.29) is 30.2 Å². The van der Waals surface area contributed by atoms with Gasteiger partial charge in [-0.1, -0.05) is 18.2 Å². The van der Waals surface area contributed by atoms with Crippen LogP contribution < -0.4 is 4.74 Å². The van der Waals surface area contributed by atoms with Gasteiger partial charge >= 0.3 is 12.1 Å². The minimum absolute atomic E-state index is 0.0177. The van der Waals surface area contributed by atoms with Gasteiger partial charge < -0.3 is 19.1 Å². The maximum absolute atomic E-state index is 13.0. The molecule has 2 aliphatic heterocycles. The maximum atomic E-state index is 13.0. The van der Waals surface area contributed by atoms with Gasteiger partial charge in [-0.15, -0.1) is 0 Å². The van der Waals surface area contributed by atoms with Gasteiger partial charge in [0.2, 0.25) is 5.88 Å². The van der Waals surface area contributed by atoms with E-state index in [4.69, 9.17) is 19.4 Å². The number of rotatable bonds is 10. The van der Waals surface area contributed by atoms with Crippen molar-refractivity contribution in [3.8, 4) is 5.88 Å². The quantitative estimate of drug-likeness (QED) is 0.187. The van der Waals surface area contributed by atoms with Crippen LogP contribution in [0.3, 0.4) is 0 Å². The molecule has 0 spiro atoms. The first kappa shape index (κ1) is 31.1. The molecule has 3 aromatic heterocycles. The zero-order valence-corrected chi connectivity index (χ0v) is 25.9. The molecule has 0 radical (unpaired) electrons. The summed E-state index contributed by atoms with van der Waals surface area (Å²) >= 11 is 0. The topological polar surface area (TPSA) is 108 Å². The van der Waals surface area contributed by atoms with Crippen molar-refractivity contribution in [2.75, 3.05) is 19.7 Å². The second-order valence-corrected chi connectivity index (χ2v) is 12.4. The zero-order valence-electron chi connectivity index (χ0n) is 25.9. The largest absolute Gasteiger partial charge is 0.478 e. The molecule has 47 heavy (non-hydrogen) atoms. The molecule has 2 fully saturated rings. The molecule has 2 saturated heterocycles. The Morgan fingerprint density at radius 2 is 1.87 bits per heavy atom. The molecular weight excluding hydrogens is 613 g/mol. The van der Waals surface area contributed by atoms with Gasteiger partial charge in [-0.3, -0.25) is 9.58 Å². The number of alkyl halides is 3. The van der Waals surface area contributed by atoms with Crippen molar-refractivity contribution in [2.24, 2.45) is 0 Å². The Morgan fingerprint density at radius 1 is 1.06 bits per heavy atom. The molecule has 7 rings (SSSR count). The van der Waals surface area contributed by atoms with Crippen LogP contribution in [0.5, 0.6) is 5.88 Å². The molecule has 2 unspecified atom stereocenters. The number of halogens is 3. The number of ether oxygens (including phenoxy) is 2. The highest BCUT2D eigenvalue weighted by atomic mass is 19.4. The van der Waals surface area contributed by atoms with Crippen LogP contribution in [-0.2, 0) is 24.4 Å². The van der Waals surface area contributed by atoms with Crippen LogP contribution >= 0.6 is 0 Å². The fraction of sp³-hybridized carbons (Fsp3) is 0.412. The molecular formula is C34H35F3N6O4. The van der Waals surface area contributed by atoms with Crippen LogP contribution in [0.25, 0.3) is 21.9 Å². The van der Waals surface area contributed by atoms with Gasteiger partial charge in [0.1, 0.15) is 19.0 Å². The van der Waals surface area contributed by atoms with Crippen LogP contribution in [0, 0.1) is 0 Å². The molecule has 2 aliphatic rings. The van der Waals surface area contributed by atoms with Crippen LogP contribution in [0.1, 0.15) is 65.6 Å². The lowest BCUT2D eigenvalue weighted by Crippen LogP contribution is -2.37. The average Bonchev–Trinajstić information content (AvgIpc) is 3.60. The number of carbonyl (C=O) groups is 1. The van der Waals surface area contributed by atoms with Crippen molar-refractivity contribution in [3.05, 3.63) is 83.4 Å². The van der Waals surface area contributed by atoms with E-state index >= 15 is 0 Å². The molecule has 13 heteroatoms. The summed E-state index contributed by atoms with van der Waals surface area (Å²) in [7, 11) is 0. The number of likely N-dealkylation sites (tertiary alicyclic amines) is 1. The minimum Gasteiger partial charge on any atom is -0.478 e. The first-order valence-electron chi connectivity index (χ1n) is 15.8. The third kappa shape index (κ3) is 6.68. The van der Waals surface area contributed by atoms with E-state index in [1.54, 1.807) is 36.4 Å². The first-order chi connectivity index (χ1) is 22.6. The molecule has 5 heterocycles. The van der Waals surface area contributed by atoms with Crippen molar-refractivity contribution >= 4 is 27.9 Å². The average molecular weight is 649 g/mol. The summed E-state index contributed by atoms with van der Waals surface area (Å²) in [6, 6.07) is 16.1. The summed E-state index contributed by atoms with van der Waals surface area (Å²) in [5.74, 6) is 0.656. The number of carboxylic acids is 1. The number of benzene rings is 2. The Morgan fingerprint density at radius 3 is 2.60 bits per heavy atom. The van der Waals surface area contributed by atoms with E-state index in [0.717, 1.165) is 71.8 Å². The van der Waals surface area contributed by atoms with Gasteiger partial charge in [-0.2, -0.15) is 18.3 Å². The van der Waals surface area contributed by atoms with Gasteiger partial charge in [0.25, 0.3) is 0 Å². The predicted octanol–water partition coefficient (Wildman–Crippen LogP) is 6.35. The van der Waals surface area contributed by atoms with E-state index in [2.05, 4.69) is 21.5 Å². The zero-order chi connectivity index (χ0) is 32.7. The van der Waals surface area contributed by atoms with Gasteiger partial charge in [0, 0.05) is 29.7 Å². The van der Waals surface area contributed by atoms with Gasteiger partial charge in [0.05, 0.1) is 47.0 Å². The number of imidazole rings is 1. The number of carboxylic acid groups (broad SMARTS) is 1. The van der Waals surface area contributed by atoms with Crippen molar-refractivity contribution in [1.29, 1.82) is 0 Å². The second kappa shape index (κ2) is 12.6. The molecule has 5 aromatic rings. The Hall–Kier alpha value is -4.49. The van der Waals surface area contributed by atoms with Crippen molar-refractivity contribution < 1.29 is 32.5 Å². The van der Waals surface area contributed by atoms with Crippen LogP contribution in [0.15, 0.2) is 60.8 Å². The van der Waals surface area contributed by atoms with Gasteiger partial charge in [0.15, 0.2) is 0 Å². The van der Waals surface area contributed by atoms with Crippen LogP contribution in [-0.4, -0.2) is 72.3 Å². The number of fused-ring (bicyclic) bond motifs is 2. The first-order valence-corrected chi connectivity index (χ1v) is 15.8. The lowest BCUT2D eigenvalue weighted by molar-refractivity contribution is -0.141. The molecule has 246 valence electrons. The SMILES string of the molecule is CC(c1nc2ccc(C(=O)O)cc2n1CC1CCO1)N1CCC(c2cccc(OCc3ccc4cnn(CC(F)(F)F)c4c3)n2)CC1. The van der Waals surface area contributed by atoms with Crippen LogP contribution in [0.2, 0.25) is 0 Å². The molecule has 0 amide bonds. The number of piperidine rings is 1. The number of hydrogen-bond donors (Lipinski definition) is 1. The van der Waals surface area contributed by atoms with Crippen LogP contribution in [0.4, 0.5) is 13.2 Å². The lowest BCUT2D eigenvalue weighted by Gasteiger charge is -2.36. The predicted molar refractivity (Wildman–Crippen MR) is 167 cm³/mol. The molecule has 0 saturated carbocycles. The Labute approximate surface area is 268 Å². The summed E-state index contributed by atoms with van der Waals surface area (Å²) in [6.07, 6.45) is -0.0689. The highest BCUT2D eigenvalue weighted by Gasteiger charge is 2.31. The highest BCUT2D eigenvalue weighted by Crippen LogP contribution is 2.34. The fourth-order valence-electron chi connectivity index (χ4n) is 6.56. The Balaban J connectivity index is 1.01. The highest BCUT2D eigenvalue weighted by molar-refractivity contribution is 5.92. The maximum Gasteiger partial charge on any atom is 0.408 e. The van der Waals surface area contributed by atoms with Gasteiger partial charge in [-0.25, -0.2) is 14.8 Å². The molecule has 0 aliphatic carbocycles. The van der Waals surface area contributed by atoms with Gasteiger partial charge in [-0.05, 0) is 75.2 Å². The summed E-state index contributed by atoms with van der Waals surface area (Å²) in [4.78, 5) is 23.8. The summed E-state index contributed by atoms with van der Waals surface area (Å²) < 4.78 is 53.7. The van der Waals surface area contributed by atoms with Crippen molar-refractivity contribution in [1.82, 2.24) is 29.2 Å². The smallest absolute Gasteiger partial charge is 0.408 e. The molecule has 2 aromatic carbocycles. The summed E-state index contributed by atoms with van der Waals surface area (Å²) in [6.45, 7) is 4.23. The van der Waals surface area contributed by atoms with E-state index < -0.39 is 18.7 Å². The third-order valence-corrected chi connectivity index (χ3v) is 9.24. The number of aromatic nitrogens is 5. The number of pyridine rings is 1. The van der Waals surface area contributed by atoms with E-state index in [1.807, 2.05) is 18.2 Å². The Bertz CT molecular complexity index is 1910. The van der Waals surface area contributed by atoms with E-state index in [1.165, 1.54) is 6.20 Å². The van der Waals surface area contributed by atoms with Crippen molar-refractivity contribution in [2.45, 2.75) is 70.1 Å². The Kier molecular flexibility index (Phi) is 8.35.